The number of benzene rings is 1. The van der Waals surface area contributed by atoms with E-state index in [0.717, 1.165) is 5.56 Å². The van der Waals surface area contributed by atoms with Gasteiger partial charge in [0, 0.05) is 26.6 Å². The van der Waals surface area contributed by atoms with Crippen LogP contribution in [0.5, 0.6) is 0 Å². The molecule has 0 saturated carbocycles. The van der Waals surface area contributed by atoms with Crippen molar-refractivity contribution in [3.63, 3.8) is 0 Å². The van der Waals surface area contributed by atoms with Crippen LogP contribution in [0, 0.1) is 5.41 Å². The molecule has 1 atom stereocenters. The maximum atomic E-state index is 12.5. The molecular formula is C15H20N2O2. The highest BCUT2D eigenvalue weighted by atomic mass is 16.2. The molecule has 4 nitrogen and oxygen atoms in total. The van der Waals surface area contributed by atoms with Gasteiger partial charge in [0.05, 0.1) is 5.41 Å². The minimum atomic E-state index is -0.564. The predicted molar refractivity (Wildman–Crippen MR) is 73.3 cm³/mol. The van der Waals surface area contributed by atoms with Gasteiger partial charge in [-0.3, -0.25) is 9.59 Å². The van der Waals surface area contributed by atoms with Gasteiger partial charge in [-0.2, -0.15) is 0 Å². The van der Waals surface area contributed by atoms with Crippen molar-refractivity contribution in [2.24, 2.45) is 5.41 Å². The summed E-state index contributed by atoms with van der Waals surface area (Å²) in [6, 6.07) is 9.88. The number of hydrogen-bond acceptors (Lipinski definition) is 2. The molecule has 0 aromatic heterocycles. The first-order valence-corrected chi connectivity index (χ1v) is 6.57. The van der Waals surface area contributed by atoms with Crippen LogP contribution in [0.4, 0.5) is 0 Å². The van der Waals surface area contributed by atoms with E-state index < -0.39 is 5.41 Å². The van der Waals surface area contributed by atoms with Gasteiger partial charge in [-0.1, -0.05) is 37.3 Å². The summed E-state index contributed by atoms with van der Waals surface area (Å²) in [6.45, 7) is 3.05. The quantitative estimate of drug-likeness (QED) is 0.896. The number of hydrogen-bond donors (Lipinski definition) is 1. The van der Waals surface area contributed by atoms with Crippen LogP contribution < -0.4 is 5.32 Å². The molecule has 0 bridgehead atoms. The number of carbonyl (C=O) groups is 2. The number of carbonyl (C=O) groups excluding carboxylic acids is 2. The highest BCUT2D eigenvalue weighted by Gasteiger charge is 2.39. The molecule has 1 aliphatic heterocycles. The van der Waals surface area contributed by atoms with Gasteiger partial charge in [0.15, 0.2) is 0 Å². The first kappa shape index (κ1) is 13.6. The molecule has 1 N–H and O–H groups in total. The van der Waals surface area contributed by atoms with Crippen molar-refractivity contribution in [3.05, 3.63) is 35.9 Å². The monoisotopic (exact) mass is 260 g/mol. The zero-order chi connectivity index (χ0) is 13.9. The lowest BCUT2D eigenvalue weighted by molar-refractivity contribution is -0.146. The first-order valence-electron chi connectivity index (χ1n) is 6.57. The Morgan fingerprint density at radius 1 is 1.37 bits per heavy atom. The van der Waals surface area contributed by atoms with Crippen molar-refractivity contribution < 1.29 is 9.59 Å². The Morgan fingerprint density at radius 3 is 2.68 bits per heavy atom. The second kappa shape index (κ2) is 5.43. The van der Waals surface area contributed by atoms with Gasteiger partial charge < -0.3 is 10.2 Å². The zero-order valence-electron chi connectivity index (χ0n) is 11.5. The van der Waals surface area contributed by atoms with Gasteiger partial charge in [0.25, 0.3) is 0 Å². The second-order valence-corrected chi connectivity index (χ2v) is 5.48. The molecule has 1 aromatic rings. The fourth-order valence-corrected chi connectivity index (χ4v) is 2.56. The maximum absolute atomic E-state index is 12.5. The molecule has 1 heterocycles. The molecule has 2 amide bonds. The van der Waals surface area contributed by atoms with Crippen LogP contribution in [0.15, 0.2) is 30.3 Å². The van der Waals surface area contributed by atoms with Crippen LogP contribution in [0.3, 0.4) is 0 Å². The normalized spacial score (nSPS) is 22.7. The molecule has 102 valence electrons. The summed E-state index contributed by atoms with van der Waals surface area (Å²) >= 11 is 0. The van der Waals surface area contributed by atoms with Crippen molar-refractivity contribution >= 4 is 11.8 Å². The molecule has 2 rings (SSSR count). The fourth-order valence-electron chi connectivity index (χ4n) is 2.56. The highest BCUT2D eigenvalue weighted by molar-refractivity contribution is 5.89. The summed E-state index contributed by atoms with van der Waals surface area (Å²) in [5, 5.41) is 2.77. The van der Waals surface area contributed by atoms with Gasteiger partial charge in [-0.05, 0) is 12.0 Å². The van der Waals surface area contributed by atoms with Crippen LogP contribution in [-0.4, -0.2) is 30.3 Å². The molecular weight excluding hydrogens is 240 g/mol. The number of nitrogens with one attached hydrogen (secondary N) is 1. The summed E-state index contributed by atoms with van der Waals surface area (Å²) in [7, 11) is 1.80. The van der Waals surface area contributed by atoms with E-state index in [4.69, 9.17) is 0 Å². The van der Waals surface area contributed by atoms with Crippen molar-refractivity contribution in [2.75, 3.05) is 13.6 Å². The molecule has 0 aliphatic carbocycles. The number of nitrogens with zero attached hydrogens (tertiary/aromatic N) is 1. The van der Waals surface area contributed by atoms with Crippen molar-refractivity contribution in [1.82, 2.24) is 10.2 Å². The Balaban J connectivity index is 2.04. The largest absolute Gasteiger partial charge is 0.356 e. The number of rotatable bonds is 3. The van der Waals surface area contributed by atoms with Crippen molar-refractivity contribution in [1.29, 1.82) is 0 Å². The summed E-state index contributed by atoms with van der Waals surface area (Å²) in [5.74, 6) is 0.0152. The van der Waals surface area contributed by atoms with E-state index >= 15 is 0 Å². The van der Waals surface area contributed by atoms with Gasteiger partial charge in [-0.15, -0.1) is 0 Å². The second-order valence-electron chi connectivity index (χ2n) is 5.48. The number of piperidine rings is 1. The van der Waals surface area contributed by atoms with Gasteiger partial charge in [0.1, 0.15) is 0 Å². The van der Waals surface area contributed by atoms with Crippen LogP contribution in [-0.2, 0) is 16.1 Å². The van der Waals surface area contributed by atoms with Crippen molar-refractivity contribution in [2.45, 2.75) is 26.3 Å². The third-order valence-corrected chi connectivity index (χ3v) is 3.68. The Kier molecular flexibility index (Phi) is 3.88. The van der Waals surface area contributed by atoms with Crippen LogP contribution in [0.25, 0.3) is 0 Å². The van der Waals surface area contributed by atoms with E-state index in [1.54, 1.807) is 11.9 Å². The summed E-state index contributed by atoms with van der Waals surface area (Å²) in [5.41, 5.74) is 0.536. The lowest BCUT2D eigenvalue weighted by Crippen LogP contribution is -2.48. The highest BCUT2D eigenvalue weighted by Crippen LogP contribution is 2.30. The van der Waals surface area contributed by atoms with E-state index in [-0.39, 0.29) is 18.2 Å². The van der Waals surface area contributed by atoms with E-state index in [9.17, 15) is 9.59 Å². The molecule has 1 saturated heterocycles. The van der Waals surface area contributed by atoms with Gasteiger partial charge in [-0.25, -0.2) is 0 Å². The maximum Gasteiger partial charge on any atom is 0.229 e. The third-order valence-electron chi connectivity index (χ3n) is 3.68. The van der Waals surface area contributed by atoms with E-state index in [2.05, 4.69) is 5.32 Å². The van der Waals surface area contributed by atoms with Crippen LogP contribution in [0.2, 0.25) is 0 Å². The molecule has 1 unspecified atom stereocenters. The molecule has 19 heavy (non-hydrogen) atoms. The Morgan fingerprint density at radius 2 is 2.05 bits per heavy atom. The van der Waals surface area contributed by atoms with Crippen LogP contribution in [0.1, 0.15) is 25.3 Å². The lowest BCUT2D eigenvalue weighted by Gasteiger charge is -2.35. The van der Waals surface area contributed by atoms with E-state index in [0.29, 0.717) is 19.5 Å². The van der Waals surface area contributed by atoms with Crippen LogP contribution >= 0.6 is 0 Å². The number of amides is 2. The topological polar surface area (TPSA) is 49.4 Å². The predicted octanol–water partition coefficient (Wildman–Crippen LogP) is 1.56. The summed E-state index contributed by atoms with van der Waals surface area (Å²) in [4.78, 5) is 25.7. The molecule has 1 aromatic carbocycles. The lowest BCUT2D eigenvalue weighted by atomic mass is 9.79. The molecule has 1 aliphatic rings. The molecule has 0 radical (unpaired) electrons. The summed E-state index contributed by atoms with van der Waals surface area (Å²) < 4.78 is 0. The molecule has 1 fully saturated rings. The third kappa shape index (κ3) is 3.13. The fraction of sp³-hybridized carbons (Fsp3) is 0.467. The summed E-state index contributed by atoms with van der Waals surface area (Å²) in [6.07, 6.45) is 0.988. The minimum absolute atomic E-state index is 0.0322. The molecule has 0 spiro atoms. The Bertz CT molecular complexity index is 472. The Labute approximate surface area is 113 Å². The minimum Gasteiger partial charge on any atom is -0.356 e. The standard InChI is InChI=1S/C15H20N2O2/c1-15(8-9-16-13(18)10-15)14(19)17(2)11-12-6-4-3-5-7-12/h3-7H,8-11H2,1-2H3,(H,16,18). The Hall–Kier alpha value is -1.84. The zero-order valence-corrected chi connectivity index (χ0v) is 11.5. The average Bonchev–Trinajstić information content (AvgIpc) is 2.38. The van der Waals surface area contributed by atoms with E-state index in [1.807, 2.05) is 37.3 Å². The molecule has 4 heteroatoms. The SMILES string of the molecule is CN(Cc1ccccc1)C(=O)C1(C)CCNC(=O)C1. The van der Waals surface area contributed by atoms with Gasteiger partial charge in [0.2, 0.25) is 11.8 Å². The average molecular weight is 260 g/mol. The van der Waals surface area contributed by atoms with E-state index in [1.165, 1.54) is 0 Å². The smallest absolute Gasteiger partial charge is 0.229 e. The van der Waals surface area contributed by atoms with Gasteiger partial charge >= 0.3 is 0 Å². The first-order chi connectivity index (χ1) is 9.01. The van der Waals surface area contributed by atoms with Crippen molar-refractivity contribution in [3.8, 4) is 0 Å².